The van der Waals surface area contributed by atoms with Gasteiger partial charge in [-0.25, -0.2) is 8.42 Å². The Morgan fingerprint density at radius 3 is 2.54 bits per heavy atom. The van der Waals surface area contributed by atoms with Gasteiger partial charge in [0.05, 0.1) is 4.90 Å². The molecule has 6 nitrogen and oxygen atoms in total. The van der Waals surface area contributed by atoms with Gasteiger partial charge in [-0.2, -0.15) is 4.31 Å². The Balaban J connectivity index is 1.36. The van der Waals surface area contributed by atoms with Gasteiger partial charge in [-0.3, -0.25) is 4.79 Å². The Labute approximate surface area is 165 Å². The van der Waals surface area contributed by atoms with E-state index in [9.17, 15) is 13.2 Å². The molecule has 2 aromatic rings. The van der Waals surface area contributed by atoms with Crippen molar-refractivity contribution in [1.82, 2.24) is 9.62 Å². The second kappa shape index (κ2) is 7.56. The van der Waals surface area contributed by atoms with Crippen LogP contribution in [0.1, 0.15) is 35.7 Å². The maximum absolute atomic E-state index is 12.7. The summed E-state index contributed by atoms with van der Waals surface area (Å²) in [5.74, 6) is 0.732. The largest absolute Gasteiger partial charge is 0.490 e. The highest BCUT2D eigenvalue weighted by Crippen LogP contribution is 2.29. The van der Waals surface area contributed by atoms with E-state index in [1.54, 1.807) is 36.4 Å². The van der Waals surface area contributed by atoms with Crippen LogP contribution < -0.4 is 10.1 Å². The van der Waals surface area contributed by atoms with Gasteiger partial charge in [0.2, 0.25) is 10.0 Å². The van der Waals surface area contributed by atoms with Crippen molar-refractivity contribution in [2.45, 2.75) is 43.2 Å². The van der Waals surface area contributed by atoms with E-state index in [2.05, 4.69) is 5.32 Å². The standard InChI is InChI=1S/C21H24N2O4S/c1-15-13-17-14-16(7-8-20(17)27-15)21(24)22-18-9-11-23(12-10-18)28(25,26)19-5-3-2-4-6-19/h2-8,14-15,18H,9-13H2,1H3,(H,22,24)/t15-/m1/s1. The first kappa shape index (κ1) is 19.0. The molecule has 28 heavy (non-hydrogen) atoms. The molecule has 2 heterocycles. The normalized spacial score (nSPS) is 20.4. The quantitative estimate of drug-likeness (QED) is 0.856. The number of piperidine rings is 1. The smallest absolute Gasteiger partial charge is 0.251 e. The summed E-state index contributed by atoms with van der Waals surface area (Å²) in [4.78, 5) is 12.9. The Hall–Kier alpha value is -2.38. The van der Waals surface area contributed by atoms with Crippen LogP contribution in [-0.4, -0.2) is 43.9 Å². The molecular formula is C21H24N2O4S. The number of nitrogens with zero attached hydrogens (tertiary/aromatic N) is 1. The van der Waals surface area contributed by atoms with Crippen LogP contribution in [0.25, 0.3) is 0 Å². The van der Waals surface area contributed by atoms with Gasteiger partial charge < -0.3 is 10.1 Å². The molecule has 0 saturated carbocycles. The highest BCUT2D eigenvalue weighted by Gasteiger charge is 2.30. The summed E-state index contributed by atoms with van der Waals surface area (Å²) >= 11 is 0. The first-order valence-corrected chi connectivity index (χ1v) is 11.0. The van der Waals surface area contributed by atoms with Crippen LogP contribution in [0.3, 0.4) is 0 Å². The number of carbonyl (C=O) groups is 1. The molecule has 2 aliphatic heterocycles. The summed E-state index contributed by atoms with van der Waals surface area (Å²) in [6, 6.07) is 14.0. The summed E-state index contributed by atoms with van der Waals surface area (Å²) in [6.07, 6.45) is 2.15. The number of hydrogen-bond acceptors (Lipinski definition) is 4. The molecule has 0 radical (unpaired) electrons. The van der Waals surface area contributed by atoms with Crippen molar-refractivity contribution in [2.24, 2.45) is 0 Å². The van der Waals surface area contributed by atoms with Gasteiger partial charge >= 0.3 is 0 Å². The highest BCUT2D eigenvalue weighted by molar-refractivity contribution is 7.89. The molecule has 2 aliphatic rings. The minimum absolute atomic E-state index is 0.0295. The second-order valence-electron chi connectivity index (χ2n) is 7.42. The number of sulfonamides is 1. The van der Waals surface area contributed by atoms with Crippen molar-refractivity contribution >= 4 is 15.9 Å². The number of amides is 1. The lowest BCUT2D eigenvalue weighted by atomic mass is 10.0. The third-order valence-corrected chi connectivity index (χ3v) is 7.24. The number of benzene rings is 2. The SMILES string of the molecule is C[C@@H]1Cc2cc(C(=O)NC3CCN(S(=O)(=O)c4ccccc4)CC3)ccc2O1. The topological polar surface area (TPSA) is 75.7 Å². The van der Waals surface area contributed by atoms with E-state index in [4.69, 9.17) is 4.74 Å². The lowest BCUT2D eigenvalue weighted by molar-refractivity contribution is 0.0923. The van der Waals surface area contributed by atoms with Crippen LogP contribution >= 0.6 is 0 Å². The number of rotatable bonds is 4. The average molecular weight is 401 g/mol. The minimum atomic E-state index is -3.47. The number of carbonyl (C=O) groups excluding carboxylic acids is 1. The summed E-state index contributed by atoms with van der Waals surface area (Å²) in [5, 5.41) is 3.05. The molecule has 0 spiro atoms. The highest BCUT2D eigenvalue weighted by atomic mass is 32.2. The molecule has 0 unspecified atom stereocenters. The minimum Gasteiger partial charge on any atom is -0.490 e. The third-order valence-electron chi connectivity index (χ3n) is 5.33. The van der Waals surface area contributed by atoms with Crippen molar-refractivity contribution < 1.29 is 17.9 Å². The van der Waals surface area contributed by atoms with Gasteiger partial charge in [-0.05, 0) is 55.7 Å². The zero-order valence-corrected chi connectivity index (χ0v) is 16.6. The number of fused-ring (bicyclic) bond motifs is 1. The zero-order valence-electron chi connectivity index (χ0n) is 15.8. The molecule has 2 aromatic carbocycles. The van der Waals surface area contributed by atoms with Gasteiger partial charge in [0.1, 0.15) is 11.9 Å². The molecule has 0 aromatic heterocycles. The van der Waals surface area contributed by atoms with E-state index in [-0.39, 0.29) is 18.1 Å². The van der Waals surface area contributed by atoms with Crippen molar-refractivity contribution in [2.75, 3.05) is 13.1 Å². The first-order valence-electron chi connectivity index (χ1n) is 9.59. The van der Waals surface area contributed by atoms with Gasteiger partial charge in [0.15, 0.2) is 0 Å². The third kappa shape index (κ3) is 3.77. The van der Waals surface area contributed by atoms with Gasteiger partial charge in [-0.1, -0.05) is 18.2 Å². The second-order valence-corrected chi connectivity index (χ2v) is 9.36. The van der Waals surface area contributed by atoms with Crippen molar-refractivity contribution in [1.29, 1.82) is 0 Å². The molecule has 148 valence electrons. The summed E-state index contributed by atoms with van der Waals surface area (Å²) in [6.45, 7) is 2.81. The summed E-state index contributed by atoms with van der Waals surface area (Å²) in [5.41, 5.74) is 1.68. The molecule has 0 aliphatic carbocycles. The first-order chi connectivity index (χ1) is 13.4. The van der Waals surface area contributed by atoms with E-state index < -0.39 is 10.0 Å². The fourth-order valence-electron chi connectivity index (χ4n) is 3.81. The number of ether oxygens (including phenoxy) is 1. The molecule has 1 saturated heterocycles. The van der Waals surface area contributed by atoms with E-state index in [1.165, 1.54) is 4.31 Å². The molecule has 7 heteroatoms. The van der Waals surface area contributed by atoms with Crippen LogP contribution in [0, 0.1) is 0 Å². The van der Waals surface area contributed by atoms with Gasteiger partial charge in [0.25, 0.3) is 5.91 Å². The maximum Gasteiger partial charge on any atom is 0.251 e. The summed E-state index contributed by atoms with van der Waals surface area (Å²) < 4.78 is 32.6. The van der Waals surface area contributed by atoms with Crippen molar-refractivity contribution in [3.63, 3.8) is 0 Å². The summed E-state index contributed by atoms with van der Waals surface area (Å²) in [7, 11) is -3.47. The Morgan fingerprint density at radius 2 is 1.82 bits per heavy atom. The fraction of sp³-hybridized carbons (Fsp3) is 0.381. The lowest BCUT2D eigenvalue weighted by Crippen LogP contribution is -2.46. The molecule has 1 amide bonds. The van der Waals surface area contributed by atoms with E-state index in [0.29, 0.717) is 36.4 Å². The van der Waals surface area contributed by atoms with Crippen LogP contribution in [0.5, 0.6) is 5.75 Å². The average Bonchev–Trinajstić information content (AvgIpc) is 3.08. The molecule has 1 fully saturated rings. The van der Waals surface area contributed by atoms with Gasteiger partial charge in [0, 0.05) is 31.1 Å². The zero-order chi connectivity index (χ0) is 19.7. The van der Waals surface area contributed by atoms with E-state index in [1.807, 2.05) is 19.1 Å². The van der Waals surface area contributed by atoms with Crippen LogP contribution in [-0.2, 0) is 16.4 Å². The van der Waals surface area contributed by atoms with E-state index >= 15 is 0 Å². The number of hydrogen-bond donors (Lipinski definition) is 1. The molecule has 4 rings (SSSR count). The lowest BCUT2D eigenvalue weighted by Gasteiger charge is -2.31. The van der Waals surface area contributed by atoms with E-state index in [0.717, 1.165) is 17.7 Å². The molecule has 1 atom stereocenters. The maximum atomic E-state index is 12.7. The Kier molecular flexibility index (Phi) is 5.12. The van der Waals surface area contributed by atoms with Crippen LogP contribution in [0.2, 0.25) is 0 Å². The van der Waals surface area contributed by atoms with Crippen molar-refractivity contribution in [3.8, 4) is 5.75 Å². The molecule has 0 bridgehead atoms. The fourth-order valence-corrected chi connectivity index (χ4v) is 5.30. The molecular weight excluding hydrogens is 376 g/mol. The van der Waals surface area contributed by atoms with Gasteiger partial charge in [-0.15, -0.1) is 0 Å². The van der Waals surface area contributed by atoms with Crippen molar-refractivity contribution in [3.05, 3.63) is 59.7 Å². The van der Waals surface area contributed by atoms with Crippen LogP contribution in [0.4, 0.5) is 0 Å². The number of nitrogens with one attached hydrogen (secondary N) is 1. The molecule has 1 N–H and O–H groups in total. The predicted molar refractivity (Wildman–Crippen MR) is 106 cm³/mol. The Bertz CT molecular complexity index is 967. The van der Waals surface area contributed by atoms with Crippen LogP contribution in [0.15, 0.2) is 53.4 Å². The monoisotopic (exact) mass is 400 g/mol. The Morgan fingerprint density at radius 1 is 1.11 bits per heavy atom. The predicted octanol–water partition coefficient (Wildman–Crippen LogP) is 2.59.